The zero-order valence-electron chi connectivity index (χ0n) is 11.7. The van der Waals surface area contributed by atoms with Crippen molar-refractivity contribution in [2.24, 2.45) is 5.73 Å². The second-order valence-electron chi connectivity index (χ2n) is 4.54. The Hall–Kier alpha value is -1.67. The van der Waals surface area contributed by atoms with Crippen LogP contribution in [-0.4, -0.2) is 46.0 Å². The number of aromatic nitrogens is 2. The molecule has 0 radical (unpaired) electrons. The van der Waals surface area contributed by atoms with Gasteiger partial charge in [-0.2, -0.15) is 4.98 Å². The lowest BCUT2D eigenvalue weighted by molar-refractivity contribution is -0.137. The van der Waals surface area contributed by atoms with Gasteiger partial charge in [0.15, 0.2) is 0 Å². The topological polar surface area (TPSA) is 126 Å². The molecule has 0 saturated heterocycles. The number of carboxylic acids is 1. The van der Waals surface area contributed by atoms with Crippen molar-refractivity contribution in [2.45, 2.75) is 38.6 Å². The van der Waals surface area contributed by atoms with Crippen molar-refractivity contribution in [1.29, 1.82) is 0 Å². The average Bonchev–Trinajstić information content (AvgIpc) is 2.90. The van der Waals surface area contributed by atoms with Gasteiger partial charge in [0.1, 0.15) is 0 Å². The van der Waals surface area contributed by atoms with Gasteiger partial charge in [0.05, 0.1) is 12.6 Å². The first kappa shape index (κ1) is 16.4. The minimum absolute atomic E-state index is 0.00133. The number of hydrogen-bond acceptors (Lipinski definition) is 7. The maximum atomic E-state index is 10.5. The monoisotopic (exact) mass is 286 g/mol. The summed E-state index contributed by atoms with van der Waals surface area (Å²) in [4.78, 5) is 16.5. The van der Waals surface area contributed by atoms with Gasteiger partial charge in [0.2, 0.25) is 5.89 Å². The van der Waals surface area contributed by atoms with Crippen LogP contribution in [0.15, 0.2) is 4.52 Å². The summed E-state index contributed by atoms with van der Waals surface area (Å²) in [6.07, 6.45) is 2.17. The third kappa shape index (κ3) is 5.14. The second-order valence-corrected chi connectivity index (χ2v) is 4.54. The molecule has 0 bridgehead atoms. The lowest BCUT2D eigenvalue weighted by Gasteiger charge is -2.18. The summed E-state index contributed by atoms with van der Waals surface area (Å²) in [5.41, 5.74) is 5.80. The fourth-order valence-corrected chi connectivity index (χ4v) is 1.69. The molecule has 114 valence electrons. The highest BCUT2D eigenvalue weighted by molar-refractivity contribution is 5.66. The summed E-state index contributed by atoms with van der Waals surface area (Å²) >= 11 is 0. The van der Waals surface area contributed by atoms with Gasteiger partial charge < -0.3 is 25.4 Å². The van der Waals surface area contributed by atoms with Crippen LogP contribution in [0.25, 0.3) is 0 Å². The van der Waals surface area contributed by atoms with Crippen LogP contribution in [0.5, 0.6) is 0 Å². The van der Waals surface area contributed by atoms with Crippen molar-refractivity contribution in [3.8, 4) is 0 Å². The molecule has 0 amide bonds. The van der Waals surface area contributed by atoms with Crippen LogP contribution < -0.4 is 10.6 Å². The average molecular weight is 286 g/mol. The smallest absolute Gasteiger partial charge is 0.303 e. The number of anilines is 1. The molecule has 1 aromatic heterocycles. The van der Waals surface area contributed by atoms with Crippen LogP contribution in [0.2, 0.25) is 0 Å². The fraction of sp³-hybridized carbons (Fsp3) is 0.750. The third-order valence-corrected chi connectivity index (χ3v) is 2.85. The van der Waals surface area contributed by atoms with E-state index in [0.29, 0.717) is 12.5 Å². The van der Waals surface area contributed by atoms with Gasteiger partial charge >= 0.3 is 5.97 Å². The van der Waals surface area contributed by atoms with Crippen LogP contribution in [-0.2, 0) is 4.79 Å². The van der Waals surface area contributed by atoms with E-state index in [9.17, 15) is 4.79 Å². The summed E-state index contributed by atoms with van der Waals surface area (Å²) in [7, 11) is 0. The predicted octanol–water partition coefficient (Wildman–Crippen LogP) is 0.533. The van der Waals surface area contributed by atoms with E-state index < -0.39 is 12.0 Å². The summed E-state index contributed by atoms with van der Waals surface area (Å²) in [5.74, 6) is -0.306. The van der Waals surface area contributed by atoms with Crippen LogP contribution in [0, 0.1) is 0 Å². The normalized spacial score (nSPS) is 12.3. The maximum absolute atomic E-state index is 10.5. The van der Waals surface area contributed by atoms with Gasteiger partial charge in [-0.15, -0.1) is 0 Å². The molecule has 0 aromatic carbocycles. The number of rotatable bonds is 10. The maximum Gasteiger partial charge on any atom is 0.303 e. The van der Waals surface area contributed by atoms with Crippen LogP contribution >= 0.6 is 0 Å². The van der Waals surface area contributed by atoms with E-state index >= 15 is 0 Å². The van der Waals surface area contributed by atoms with Crippen LogP contribution in [0.1, 0.15) is 44.5 Å². The number of aliphatic hydroxyl groups excluding tert-OH is 1. The SMILES string of the molecule is CCCCN(CCO)c1noc([C@H](N)CCC(=O)O)n1. The van der Waals surface area contributed by atoms with Crippen LogP contribution in [0.3, 0.4) is 0 Å². The van der Waals surface area contributed by atoms with Crippen LogP contribution in [0.4, 0.5) is 5.95 Å². The Labute approximate surface area is 117 Å². The molecular weight excluding hydrogens is 264 g/mol. The number of hydrogen-bond donors (Lipinski definition) is 3. The number of aliphatic hydroxyl groups is 1. The van der Waals surface area contributed by atoms with E-state index in [1.807, 2.05) is 4.90 Å². The highest BCUT2D eigenvalue weighted by Crippen LogP contribution is 2.17. The molecule has 1 rings (SSSR count). The molecule has 0 fully saturated rings. The zero-order chi connectivity index (χ0) is 15.0. The van der Waals surface area contributed by atoms with E-state index in [1.54, 1.807) is 0 Å². The Morgan fingerprint density at radius 3 is 2.85 bits per heavy atom. The standard InChI is InChI=1S/C12H22N4O4/c1-2-3-6-16(7-8-17)12-14-11(20-15-12)9(13)4-5-10(18)19/h9,17H,2-8,13H2,1H3,(H,18,19)/t9-/m1/s1. The van der Waals surface area contributed by atoms with E-state index in [4.69, 9.17) is 20.5 Å². The highest BCUT2D eigenvalue weighted by atomic mass is 16.5. The minimum Gasteiger partial charge on any atom is -0.481 e. The fourth-order valence-electron chi connectivity index (χ4n) is 1.69. The summed E-state index contributed by atoms with van der Waals surface area (Å²) in [6.45, 7) is 3.21. The second kappa shape index (κ2) is 8.49. The third-order valence-electron chi connectivity index (χ3n) is 2.85. The van der Waals surface area contributed by atoms with E-state index in [2.05, 4.69) is 17.1 Å². The Kier molecular flexibility index (Phi) is 6.96. The molecular formula is C12H22N4O4. The number of nitrogens with two attached hydrogens (primary N) is 1. The number of carboxylic acid groups (broad SMARTS) is 1. The first-order valence-corrected chi connectivity index (χ1v) is 6.75. The van der Waals surface area contributed by atoms with Crippen molar-refractivity contribution in [3.05, 3.63) is 5.89 Å². The van der Waals surface area contributed by atoms with Gasteiger partial charge in [-0.3, -0.25) is 4.79 Å². The molecule has 8 nitrogen and oxygen atoms in total. The van der Waals surface area contributed by atoms with Crippen molar-refractivity contribution < 1.29 is 19.5 Å². The van der Waals surface area contributed by atoms with Gasteiger partial charge in [-0.1, -0.05) is 13.3 Å². The first-order chi connectivity index (χ1) is 9.58. The molecule has 0 saturated carbocycles. The summed E-state index contributed by atoms with van der Waals surface area (Å²) < 4.78 is 5.06. The van der Waals surface area contributed by atoms with Gasteiger partial charge in [0, 0.05) is 19.5 Å². The first-order valence-electron chi connectivity index (χ1n) is 6.75. The van der Waals surface area contributed by atoms with E-state index in [1.165, 1.54) is 0 Å². The van der Waals surface area contributed by atoms with Crippen molar-refractivity contribution in [2.75, 3.05) is 24.6 Å². The molecule has 0 aliphatic heterocycles. The lowest BCUT2D eigenvalue weighted by Crippen LogP contribution is -2.28. The summed E-state index contributed by atoms with van der Waals surface area (Å²) in [6, 6.07) is -0.588. The molecule has 1 aromatic rings. The number of nitrogens with zero attached hydrogens (tertiary/aromatic N) is 3. The Morgan fingerprint density at radius 1 is 1.50 bits per heavy atom. The highest BCUT2D eigenvalue weighted by Gasteiger charge is 2.18. The molecule has 1 heterocycles. The van der Waals surface area contributed by atoms with Gasteiger partial charge in [-0.05, 0) is 18.0 Å². The predicted molar refractivity (Wildman–Crippen MR) is 72.3 cm³/mol. The Bertz CT molecular complexity index is 410. The van der Waals surface area contributed by atoms with E-state index in [0.717, 1.165) is 19.4 Å². The molecule has 20 heavy (non-hydrogen) atoms. The quantitative estimate of drug-likeness (QED) is 0.568. The Morgan fingerprint density at radius 2 is 2.25 bits per heavy atom. The molecule has 1 atom stereocenters. The number of carbonyl (C=O) groups is 1. The van der Waals surface area contributed by atoms with E-state index in [-0.39, 0.29) is 25.3 Å². The largest absolute Gasteiger partial charge is 0.481 e. The van der Waals surface area contributed by atoms with Crippen molar-refractivity contribution in [1.82, 2.24) is 10.1 Å². The molecule has 4 N–H and O–H groups in total. The molecule has 8 heteroatoms. The Balaban J connectivity index is 2.64. The molecule has 0 spiro atoms. The lowest BCUT2D eigenvalue weighted by atomic mass is 10.2. The number of unbranched alkanes of at least 4 members (excludes halogenated alkanes) is 1. The summed E-state index contributed by atoms with van der Waals surface area (Å²) in [5, 5.41) is 21.5. The zero-order valence-corrected chi connectivity index (χ0v) is 11.7. The molecule has 0 unspecified atom stereocenters. The van der Waals surface area contributed by atoms with Crippen molar-refractivity contribution >= 4 is 11.9 Å². The van der Waals surface area contributed by atoms with Gasteiger partial charge in [0.25, 0.3) is 5.95 Å². The van der Waals surface area contributed by atoms with Gasteiger partial charge in [-0.25, -0.2) is 0 Å². The van der Waals surface area contributed by atoms with Crippen molar-refractivity contribution in [3.63, 3.8) is 0 Å². The minimum atomic E-state index is -0.912. The number of aliphatic carboxylic acids is 1. The molecule has 0 aliphatic rings. The molecule has 0 aliphatic carbocycles.